The zero-order valence-electron chi connectivity index (χ0n) is 16.0. The average Bonchev–Trinajstić information content (AvgIpc) is 2.98. The Morgan fingerprint density at radius 2 is 1.50 bits per heavy atom. The molecular weight excluding hydrogens is 380 g/mol. The van der Waals surface area contributed by atoms with Gasteiger partial charge in [0.25, 0.3) is 0 Å². The first-order valence-corrected chi connectivity index (χ1v) is 11.3. The molecule has 9 heteroatoms. The van der Waals surface area contributed by atoms with Crippen LogP contribution in [0.5, 0.6) is 0 Å². The van der Waals surface area contributed by atoms with Gasteiger partial charge in [-0.15, -0.1) is 0 Å². The van der Waals surface area contributed by atoms with Crippen molar-refractivity contribution in [3.05, 3.63) is 24.3 Å². The van der Waals surface area contributed by atoms with Crippen molar-refractivity contribution >= 4 is 27.6 Å². The number of piperidine rings is 1. The van der Waals surface area contributed by atoms with Crippen molar-refractivity contribution in [3.8, 4) is 0 Å². The molecule has 0 atom stereocenters. The summed E-state index contributed by atoms with van der Waals surface area (Å²) in [4.78, 5) is 25.6. The highest BCUT2D eigenvalue weighted by atomic mass is 32.2. The molecule has 0 spiro atoms. The van der Waals surface area contributed by atoms with Crippen molar-refractivity contribution in [2.45, 2.75) is 43.4 Å². The lowest BCUT2D eigenvalue weighted by molar-refractivity contribution is -0.122. The highest BCUT2D eigenvalue weighted by Crippen LogP contribution is 2.24. The van der Waals surface area contributed by atoms with Crippen molar-refractivity contribution in [1.29, 1.82) is 0 Å². The second-order valence-electron chi connectivity index (χ2n) is 7.44. The average molecular weight is 409 g/mol. The molecule has 2 saturated heterocycles. The van der Waals surface area contributed by atoms with Gasteiger partial charge in [0.15, 0.2) is 0 Å². The van der Waals surface area contributed by atoms with Gasteiger partial charge in [0, 0.05) is 37.8 Å². The molecule has 2 fully saturated rings. The molecule has 3 rings (SSSR count). The predicted molar refractivity (Wildman–Crippen MR) is 106 cm³/mol. The van der Waals surface area contributed by atoms with E-state index in [0.717, 1.165) is 38.8 Å². The van der Waals surface area contributed by atoms with E-state index in [9.17, 15) is 18.0 Å². The first-order valence-electron chi connectivity index (χ1n) is 9.83. The van der Waals surface area contributed by atoms with Gasteiger partial charge >= 0.3 is 6.03 Å². The number of urea groups is 1. The smallest absolute Gasteiger partial charge is 0.321 e. The minimum atomic E-state index is -3.62. The van der Waals surface area contributed by atoms with Gasteiger partial charge in [0.2, 0.25) is 15.9 Å². The molecule has 0 radical (unpaired) electrons. The Hall–Kier alpha value is -2.13. The third kappa shape index (κ3) is 4.82. The summed E-state index contributed by atoms with van der Waals surface area (Å²) in [5, 5.41) is 2.84. The van der Waals surface area contributed by atoms with E-state index >= 15 is 0 Å². The molecule has 0 aromatic heterocycles. The highest BCUT2D eigenvalue weighted by Gasteiger charge is 2.31. The van der Waals surface area contributed by atoms with Crippen LogP contribution in [0.3, 0.4) is 0 Å². The summed E-state index contributed by atoms with van der Waals surface area (Å²) in [5.74, 6) is -0.635. The van der Waals surface area contributed by atoms with E-state index in [0.29, 0.717) is 18.5 Å². The summed E-state index contributed by atoms with van der Waals surface area (Å²) >= 11 is 0. The fourth-order valence-corrected chi connectivity index (χ4v) is 5.19. The van der Waals surface area contributed by atoms with E-state index in [-0.39, 0.29) is 35.8 Å². The molecule has 8 nitrogen and oxygen atoms in total. The van der Waals surface area contributed by atoms with Crippen LogP contribution in [-0.4, -0.2) is 55.7 Å². The Kier molecular flexibility index (Phi) is 6.56. The molecular formula is C19H28N4O4S. The predicted octanol–water partition coefficient (Wildman–Crippen LogP) is 1.98. The number of benzene rings is 1. The number of carbonyl (C=O) groups excluding carboxylic acids is 2. The van der Waals surface area contributed by atoms with E-state index in [1.807, 2.05) is 0 Å². The van der Waals surface area contributed by atoms with E-state index in [2.05, 4.69) is 5.32 Å². The zero-order chi connectivity index (χ0) is 20.1. The van der Waals surface area contributed by atoms with Crippen molar-refractivity contribution < 1.29 is 18.0 Å². The van der Waals surface area contributed by atoms with E-state index in [1.165, 1.54) is 16.4 Å². The molecule has 0 saturated carbocycles. The number of amides is 3. The van der Waals surface area contributed by atoms with Gasteiger partial charge in [0.1, 0.15) is 0 Å². The lowest BCUT2D eigenvalue weighted by atomic mass is 9.98. The SMILES string of the molecule is NC(=O)C1CCN(S(=O)(=O)c2ccc(NC(=O)N3CCCCCC3)cc2)CC1. The molecule has 2 heterocycles. The van der Waals surface area contributed by atoms with Gasteiger partial charge in [-0.25, -0.2) is 13.2 Å². The molecule has 28 heavy (non-hydrogen) atoms. The van der Waals surface area contributed by atoms with Crippen LogP contribution in [0.4, 0.5) is 10.5 Å². The first kappa shape index (κ1) is 20.6. The molecule has 3 N–H and O–H groups in total. The summed E-state index contributed by atoms with van der Waals surface area (Å²) in [7, 11) is -3.62. The van der Waals surface area contributed by atoms with Gasteiger partial charge in [-0.3, -0.25) is 4.79 Å². The first-order chi connectivity index (χ1) is 13.4. The molecule has 2 aliphatic rings. The Bertz CT molecular complexity index is 794. The summed E-state index contributed by atoms with van der Waals surface area (Å²) in [6.07, 6.45) is 5.20. The van der Waals surface area contributed by atoms with Gasteiger partial charge in [-0.05, 0) is 49.9 Å². The molecule has 2 aliphatic heterocycles. The number of hydrogen-bond acceptors (Lipinski definition) is 4. The normalized spacial score (nSPS) is 19.8. The number of nitrogens with one attached hydrogen (secondary N) is 1. The van der Waals surface area contributed by atoms with Crippen LogP contribution >= 0.6 is 0 Å². The number of nitrogens with two attached hydrogens (primary N) is 1. The Morgan fingerprint density at radius 1 is 0.929 bits per heavy atom. The number of hydrogen-bond donors (Lipinski definition) is 2. The van der Waals surface area contributed by atoms with Crippen LogP contribution in [0.2, 0.25) is 0 Å². The van der Waals surface area contributed by atoms with Gasteiger partial charge in [-0.2, -0.15) is 4.31 Å². The van der Waals surface area contributed by atoms with Crippen molar-refractivity contribution in [2.75, 3.05) is 31.5 Å². The van der Waals surface area contributed by atoms with Gasteiger partial charge < -0.3 is 16.0 Å². The van der Waals surface area contributed by atoms with Crippen molar-refractivity contribution in [2.24, 2.45) is 11.7 Å². The highest BCUT2D eigenvalue weighted by molar-refractivity contribution is 7.89. The fourth-order valence-electron chi connectivity index (χ4n) is 3.72. The molecule has 0 bridgehead atoms. The second kappa shape index (κ2) is 8.91. The summed E-state index contributed by atoms with van der Waals surface area (Å²) in [5.41, 5.74) is 5.88. The number of carbonyl (C=O) groups is 2. The standard InChI is InChI=1S/C19H28N4O4S/c20-18(24)15-9-13-23(14-10-15)28(26,27)17-7-5-16(6-8-17)21-19(25)22-11-3-1-2-4-12-22/h5-8,15H,1-4,9-14H2,(H2,20,24)(H,21,25). The summed E-state index contributed by atoms with van der Waals surface area (Å²) in [6, 6.07) is 6.09. The third-order valence-corrected chi connectivity index (χ3v) is 7.41. The Labute approximate surface area is 166 Å². The van der Waals surface area contributed by atoms with Gasteiger partial charge in [-0.1, -0.05) is 12.8 Å². The quantitative estimate of drug-likeness (QED) is 0.793. The van der Waals surface area contributed by atoms with E-state index in [1.54, 1.807) is 17.0 Å². The maximum atomic E-state index is 12.8. The number of primary amides is 1. The molecule has 1 aromatic carbocycles. The zero-order valence-corrected chi connectivity index (χ0v) is 16.8. The number of anilines is 1. The number of nitrogens with zero attached hydrogens (tertiary/aromatic N) is 2. The van der Waals surface area contributed by atoms with Crippen LogP contribution in [0.25, 0.3) is 0 Å². The topological polar surface area (TPSA) is 113 Å². The molecule has 1 aromatic rings. The van der Waals surface area contributed by atoms with Crippen LogP contribution in [0.15, 0.2) is 29.2 Å². The fraction of sp³-hybridized carbons (Fsp3) is 0.579. The number of rotatable bonds is 4. The van der Waals surface area contributed by atoms with Crippen molar-refractivity contribution in [1.82, 2.24) is 9.21 Å². The van der Waals surface area contributed by atoms with Crippen LogP contribution in [0.1, 0.15) is 38.5 Å². The Morgan fingerprint density at radius 3 is 2.04 bits per heavy atom. The monoisotopic (exact) mass is 408 g/mol. The number of likely N-dealkylation sites (tertiary alicyclic amines) is 1. The second-order valence-corrected chi connectivity index (χ2v) is 9.37. The van der Waals surface area contributed by atoms with Crippen LogP contribution in [-0.2, 0) is 14.8 Å². The minimum absolute atomic E-state index is 0.147. The largest absolute Gasteiger partial charge is 0.369 e. The van der Waals surface area contributed by atoms with Crippen LogP contribution < -0.4 is 11.1 Å². The Balaban J connectivity index is 1.61. The van der Waals surface area contributed by atoms with E-state index < -0.39 is 10.0 Å². The van der Waals surface area contributed by atoms with Crippen LogP contribution in [0, 0.1) is 5.92 Å². The lowest BCUT2D eigenvalue weighted by Gasteiger charge is -2.29. The third-order valence-electron chi connectivity index (χ3n) is 5.49. The van der Waals surface area contributed by atoms with Crippen molar-refractivity contribution in [3.63, 3.8) is 0 Å². The molecule has 154 valence electrons. The lowest BCUT2D eigenvalue weighted by Crippen LogP contribution is -2.41. The maximum Gasteiger partial charge on any atom is 0.321 e. The molecule has 0 unspecified atom stereocenters. The van der Waals surface area contributed by atoms with Gasteiger partial charge in [0.05, 0.1) is 4.90 Å². The number of sulfonamides is 1. The van der Waals surface area contributed by atoms with E-state index in [4.69, 9.17) is 5.73 Å². The summed E-state index contributed by atoms with van der Waals surface area (Å²) < 4.78 is 27.0. The minimum Gasteiger partial charge on any atom is -0.369 e. The molecule has 0 aliphatic carbocycles. The molecule has 3 amide bonds. The summed E-state index contributed by atoms with van der Waals surface area (Å²) in [6.45, 7) is 2.06. The maximum absolute atomic E-state index is 12.8.